The maximum atomic E-state index is 10.3. The van der Waals surface area contributed by atoms with E-state index < -0.39 is 0 Å². The zero-order valence-electron chi connectivity index (χ0n) is 8.03. The molecule has 0 bridgehead atoms. The molecule has 0 atom stereocenters. The van der Waals surface area contributed by atoms with Crippen molar-refractivity contribution in [1.29, 1.82) is 0 Å². The molecule has 1 N–H and O–H groups in total. The van der Waals surface area contributed by atoms with Crippen LogP contribution in [0.3, 0.4) is 0 Å². The van der Waals surface area contributed by atoms with Crippen molar-refractivity contribution in [2.24, 2.45) is 0 Å². The van der Waals surface area contributed by atoms with E-state index in [9.17, 15) is 4.79 Å². The van der Waals surface area contributed by atoms with E-state index in [1.54, 1.807) is 6.20 Å². The molecule has 0 unspecified atom stereocenters. The van der Waals surface area contributed by atoms with Crippen LogP contribution in [0.4, 0.5) is 11.5 Å². The molecule has 0 aromatic carbocycles. The Morgan fingerprint density at radius 1 is 1.54 bits per heavy atom. The summed E-state index contributed by atoms with van der Waals surface area (Å²) in [6.07, 6.45) is 2.35. The minimum atomic E-state index is 0.589. The highest BCUT2D eigenvalue weighted by Crippen LogP contribution is 2.21. The van der Waals surface area contributed by atoms with Gasteiger partial charge in [-0.05, 0) is 18.6 Å². The third-order valence-corrected chi connectivity index (χ3v) is 1.68. The molecule has 0 fully saturated rings. The lowest BCUT2D eigenvalue weighted by Gasteiger charge is -2.16. The predicted molar refractivity (Wildman–Crippen MR) is 53.0 cm³/mol. The zero-order valence-corrected chi connectivity index (χ0v) is 8.03. The molecule has 0 aliphatic rings. The molecule has 4 heteroatoms. The molecule has 70 valence electrons. The van der Waals surface area contributed by atoms with E-state index in [2.05, 4.69) is 10.3 Å². The maximum Gasteiger partial charge on any atom is 0.212 e. The lowest BCUT2D eigenvalue weighted by molar-refractivity contribution is -0.105. The van der Waals surface area contributed by atoms with Crippen LogP contribution in [-0.2, 0) is 4.79 Å². The van der Waals surface area contributed by atoms with Crippen LogP contribution in [0.25, 0.3) is 0 Å². The molecule has 0 saturated carbocycles. The van der Waals surface area contributed by atoms with Crippen LogP contribution < -0.4 is 10.2 Å². The molecule has 1 amide bonds. The number of rotatable bonds is 3. The van der Waals surface area contributed by atoms with Crippen molar-refractivity contribution < 1.29 is 4.79 Å². The normalized spacial score (nSPS) is 9.46. The SMILES string of the molecule is Cc1cnc(NC=O)c(N(C)C)c1. The highest BCUT2D eigenvalue weighted by Gasteiger charge is 2.04. The molecule has 1 heterocycles. The van der Waals surface area contributed by atoms with Gasteiger partial charge in [0.05, 0.1) is 5.69 Å². The van der Waals surface area contributed by atoms with Gasteiger partial charge in [0.2, 0.25) is 6.41 Å². The largest absolute Gasteiger partial charge is 0.375 e. The molecule has 0 spiro atoms. The Morgan fingerprint density at radius 2 is 2.23 bits per heavy atom. The highest BCUT2D eigenvalue weighted by molar-refractivity contribution is 5.78. The zero-order chi connectivity index (χ0) is 9.84. The standard InChI is InChI=1S/C9H13N3O/c1-7-4-8(12(2)3)9(10-5-7)11-6-13/h4-6H,1-3H3,(H,10,11,13). The molecule has 0 aliphatic carbocycles. The van der Waals surface area contributed by atoms with E-state index in [4.69, 9.17) is 0 Å². The van der Waals surface area contributed by atoms with Gasteiger partial charge in [-0.2, -0.15) is 0 Å². The number of hydrogen-bond donors (Lipinski definition) is 1. The van der Waals surface area contributed by atoms with E-state index >= 15 is 0 Å². The molecule has 4 nitrogen and oxygen atoms in total. The number of nitrogens with zero attached hydrogens (tertiary/aromatic N) is 2. The first-order valence-electron chi connectivity index (χ1n) is 3.99. The Labute approximate surface area is 77.6 Å². The van der Waals surface area contributed by atoms with Gasteiger partial charge in [0.15, 0.2) is 5.82 Å². The van der Waals surface area contributed by atoms with Crippen molar-refractivity contribution in [3.05, 3.63) is 17.8 Å². The van der Waals surface area contributed by atoms with Crippen LogP contribution in [0.1, 0.15) is 5.56 Å². The second-order valence-corrected chi connectivity index (χ2v) is 3.04. The van der Waals surface area contributed by atoms with Crippen LogP contribution in [0.15, 0.2) is 12.3 Å². The lowest BCUT2D eigenvalue weighted by Crippen LogP contribution is -2.13. The molecule has 1 rings (SSSR count). The molecular weight excluding hydrogens is 166 g/mol. The Bertz CT molecular complexity index is 310. The van der Waals surface area contributed by atoms with E-state index in [1.165, 1.54) is 0 Å². The van der Waals surface area contributed by atoms with Crippen LogP contribution in [0.2, 0.25) is 0 Å². The van der Waals surface area contributed by atoms with Gasteiger partial charge in [0.1, 0.15) is 0 Å². The van der Waals surface area contributed by atoms with Gasteiger partial charge in [-0.1, -0.05) is 0 Å². The number of carbonyl (C=O) groups is 1. The maximum absolute atomic E-state index is 10.3. The van der Waals surface area contributed by atoms with E-state index in [0.717, 1.165) is 11.3 Å². The summed E-state index contributed by atoms with van der Waals surface area (Å²) in [6.45, 7) is 1.96. The van der Waals surface area contributed by atoms with E-state index in [-0.39, 0.29) is 0 Å². The first kappa shape index (κ1) is 9.51. The molecule has 0 radical (unpaired) electrons. The summed E-state index contributed by atoms with van der Waals surface area (Å²) in [5.41, 5.74) is 1.98. The molecule has 1 aromatic heterocycles. The summed E-state index contributed by atoms with van der Waals surface area (Å²) < 4.78 is 0. The average molecular weight is 179 g/mol. The Balaban J connectivity index is 3.10. The summed E-state index contributed by atoms with van der Waals surface area (Å²) in [5.74, 6) is 0.589. The first-order valence-corrected chi connectivity index (χ1v) is 3.99. The number of anilines is 2. The third kappa shape index (κ3) is 2.18. The van der Waals surface area contributed by atoms with Gasteiger partial charge >= 0.3 is 0 Å². The smallest absolute Gasteiger partial charge is 0.212 e. The van der Waals surface area contributed by atoms with Crippen molar-refractivity contribution in [3.63, 3.8) is 0 Å². The number of pyridine rings is 1. The van der Waals surface area contributed by atoms with Gasteiger partial charge in [0.25, 0.3) is 0 Å². The topological polar surface area (TPSA) is 45.2 Å². The van der Waals surface area contributed by atoms with E-state index in [1.807, 2.05) is 32.0 Å². The summed E-state index contributed by atoms with van der Waals surface area (Å²) in [7, 11) is 3.82. The van der Waals surface area contributed by atoms with Gasteiger partial charge in [-0.15, -0.1) is 0 Å². The fraction of sp³-hybridized carbons (Fsp3) is 0.333. The number of hydrogen-bond acceptors (Lipinski definition) is 3. The number of aryl methyl sites for hydroxylation is 1. The van der Waals surface area contributed by atoms with E-state index in [0.29, 0.717) is 12.2 Å². The summed E-state index contributed by atoms with van der Waals surface area (Å²) in [4.78, 5) is 16.3. The quantitative estimate of drug-likeness (QED) is 0.705. The first-order chi connectivity index (χ1) is 6.15. The minimum Gasteiger partial charge on any atom is -0.375 e. The van der Waals surface area contributed by atoms with Crippen molar-refractivity contribution in [3.8, 4) is 0 Å². The van der Waals surface area contributed by atoms with Gasteiger partial charge in [-0.3, -0.25) is 4.79 Å². The van der Waals surface area contributed by atoms with Crippen molar-refractivity contribution in [2.45, 2.75) is 6.92 Å². The van der Waals surface area contributed by atoms with Gasteiger partial charge in [0, 0.05) is 20.3 Å². The number of amides is 1. The Kier molecular flexibility index (Phi) is 2.84. The monoisotopic (exact) mass is 179 g/mol. The second-order valence-electron chi connectivity index (χ2n) is 3.04. The van der Waals surface area contributed by atoms with Crippen molar-refractivity contribution in [1.82, 2.24) is 4.98 Å². The van der Waals surface area contributed by atoms with Crippen LogP contribution in [-0.4, -0.2) is 25.5 Å². The molecule has 13 heavy (non-hydrogen) atoms. The third-order valence-electron chi connectivity index (χ3n) is 1.68. The summed E-state index contributed by atoms with van der Waals surface area (Å²) in [5, 5.41) is 2.55. The predicted octanol–water partition coefficient (Wildman–Crippen LogP) is 1.02. The highest BCUT2D eigenvalue weighted by atomic mass is 16.1. The molecule has 1 aromatic rings. The average Bonchev–Trinajstić information content (AvgIpc) is 2.08. The number of carbonyl (C=O) groups excluding carboxylic acids is 1. The molecule has 0 saturated heterocycles. The lowest BCUT2D eigenvalue weighted by atomic mass is 10.2. The minimum absolute atomic E-state index is 0.589. The van der Waals surface area contributed by atoms with Gasteiger partial charge in [-0.25, -0.2) is 4.98 Å². The number of nitrogens with one attached hydrogen (secondary N) is 1. The fourth-order valence-electron chi connectivity index (χ4n) is 1.06. The van der Waals surface area contributed by atoms with Crippen molar-refractivity contribution in [2.75, 3.05) is 24.3 Å². The Morgan fingerprint density at radius 3 is 2.77 bits per heavy atom. The second kappa shape index (κ2) is 3.89. The van der Waals surface area contributed by atoms with Crippen LogP contribution in [0.5, 0.6) is 0 Å². The fourth-order valence-corrected chi connectivity index (χ4v) is 1.06. The summed E-state index contributed by atoms with van der Waals surface area (Å²) >= 11 is 0. The van der Waals surface area contributed by atoms with Crippen LogP contribution in [0, 0.1) is 6.92 Å². The van der Waals surface area contributed by atoms with Crippen LogP contribution >= 0.6 is 0 Å². The number of aromatic nitrogens is 1. The van der Waals surface area contributed by atoms with Gasteiger partial charge < -0.3 is 10.2 Å². The Hall–Kier alpha value is -1.58. The van der Waals surface area contributed by atoms with Crippen molar-refractivity contribution >= 4 is 17.9 Å². The molecular formula is C9H13N3O. The molecule has 0 aliphatic heterocycles. The summed E-state index contributed by atoms with van der Waals surface area (Å²) in [6, 6.07) is 1.97.